The van der Waals surface area contributed by atoms with Crippen LogP contribution in [0.3, 0.4) is 0 Å². The molecule has 0 saturated heterocycles. The number of benzene rings is 9. The molecule has 0 fully saturated rings. The van der Waals surface area contributed by atoms with Crippen molar-refractivity contribution < 1.29 is 0 Å². The van der Waals surface area contributed by atoms with Crippen molar-refractivity contribution in [3.05, 3.63) is 218 Å². The molecule has 2 nitrogen and oxygen atoms in total. The van der Waals surface area contributed by atoms with Gasteiger partial charge in [-0.05, 0) is 105 Å². The van der Waals surface area contributed by atoms with Crippen LogP contribution in [0.4, 0.5) is 0 Å². The van der Waals surface area contributed by atoms with Crippen LogP contribution in [0.25, 0.3) is 99.5 Å². The van der Waals surface area contributed by atoms with Gasteiger partial charge < -0.3 is 9.13 Å². The van der Waals surface area contributed by atoms with Crippen LogP contribution < -0.4 is 0 Å². The molecule has 2 aromatic heterocycles. The lowest BCUT2D eigenvalue weighted by Gasteiger charge is -2.12. The van der Waals surface area contributed by atoms with Crippen molar-refractivity contribution >= 4 is 43.6 Å². The predicted octanol–water partition coefficient (Wildman–Crippen LogP) is 14.5. The number of para-hydroxylation sites is 1. The highest BCUT2D eigenvalue weighted by molar-refractivity contribution is 6.13. The third kappa shape index (κ3) is 5.34. The lowest BCUT2D eigenvalue weighted by Crippen LogP contribution is -1.95. The second kappa shape index (κ2) is 13.2. The minimum absolute atomic E-state index is 1.15. The van der Waals surface area contributed by atoms with Gasteiger partial charge in [-0.25, -0.2) is 0 Å². The quantitative estimate of drug-likeness (QED) is 0.162. The summed E-state index contributed by atoms with van der Waals surface area (Å²) in [4.78, 5) is 0. The molecule has 0 aliphatic carbocycles. The summed E-state index contributed by atoms with van der Waals surface area (Å²) in [6.07, 6.45) is 0. The van der Waals surface area contributed by atoms with Crippen molar-refractivity contribution in [3.8, 4) is 55.9 Å². The monoisotopic (exact) mass is 712 g/mol. The number of rotatable bonds is 6. The van der Waals surface area contributed by atoms with E-state index >= 15 is 0 Å². The predicted molar refractivity (Wildman–Crippen MR) is 237 cm³/mol. The molecule has 0 saturated carbocycles. The molecular formula is C54H36N2. The van der Waals surface area contributed by atoms with E-state index in [0.29, 0.717) is 0 Å². The molecule has 0 atom stereocenters. The third-order valence-corrected chi connectivity index (χ3v) is 11.3. The first-order valence-corrected chi connectivity index (χ1v) is 19.3. The first-order valence-electron chi connectivity index (χ1n) is 19.3. The lowest BCUT2D eigenvalue weighted by atomic mass is 9.99. The molecule has 9 aromatic carbocycles. The maximum atomic E-state index is 2.44. The Bertz CT molecular complexity index is 3210. The zero-order chi connectivity index (χ0) is 37.0. The van der Waals surface area contributed by atoms with Gasteiger partial charge in [0.1, 0.15) is 0 Å². The molecule has 0 radical (unpaired) electrons. The van der Waals surface area contributed by atoms with Gasteiger partial charge in [-0.2, -0.15) is 0 Å². The Hall–Kier alpha value is -7.42. The van der Waals surface area contributed by atoms with Crippen LogP contribution in [0, 0.1) is 0 Å². The number of hydrogen-bond acceptors (Lipinski definition) is 0. The Morgan fingerprint density at radius 2 is 0.607 bits per heavy atom. The Morgan fingerprint density at radius 3 is 1.23 bits per heavy atom. The largest absolute Gasteiger partial charge is 0.309 e. The first kappa shape index (κ1) is 32.0. The summed E-state index contributed by atoms with van der Waals surface area (Å²) in [5, 5.41) is 4.98. The molecule has 11 aromatic rings. The van der Waals surface area contributed by atoms with Crippen LogP contribution in [0.2, 0.25) is 0 Å². The van der Waals surface area contributed by atoms with E-state index in [1.54, 1.807) is 0 Å². The van der Waals surface area contributed by atoms with E-state index in [9.17, 15) is 0 Å². The fraction of sp³-hybridized carbons (Fsp3) is 0. The number of aromatic nitrogens is 2. The minimum atomic E-state index is 1.15. The van der Waals surface area contributed by atoms with Crippen LogP contribution in [-0.2, 0) is 0 Å². The van der Waals surface area contributed by atoms with Gasteiger partial charge in [0.25, 0.3) is 0 Å². The smallest absolute Gasteiger partial charge is 0.0547 e. The fourth-order valence-corrected chi connectivity index (χ4v) is 8.61. The summed E-state index contributed by atoms with van der Waals surface area (Å²) < 4.78 is 4.83. The molecule has 0 aliphatic rings. The Labute approximate surface area is 325 Å². The van der Waals surface area contributed by atoms with Crippen LogP contribution >= 0.6 is 0 Å². The van der Waals surface area contributed by atoms with Crippen LogP contribution in [0.15, 0.2) is 218 Å². The molecule has 0 bridgehead atoms. The topological polar surface area (TPSA) is 9.86 Å². The maximum absolute atomic E-state index is 2.44. The van der Waals surface area contributed by atoms with Gasteiger partial charge in [0.15, 0.2) is 0 Å². The van der Waals surface area contributed by atoms with Gasteiger partial charge in [-0.15, -0.1) is 0 Å². The standard InChI is InChI=1S/C54H36N2/c1-4-13-37(14-5-1)40-23-28-45(29-24-40)55-51-22-11-10-21-47(51)49-34-42(26-31-52(49)55)43-27-32-53-50(35-43)48-30-25-44(39-17-8-3-9-18-39)36-54(48)56(53)46-20-12-19-41(33-46)38-15-6-2-7-16-38/h1-36H. The molecule has 11 rings (SSSR count). The minimum Gasteiger partial charge on any atom is -0.309 e. The Morgan fingerprint density at radius 1 is 0.196 bits per heavy atom. The van der Waals surface area contributed by atoms with E-state index < -0.39 is 0 Å². The van der Waals surface area contributed by atoms with Crippen molar-refractivity contribution in [3.63, 3.8) is 0 Å². The van der Waals surface area contributed by atoms with Gasteiger partial charge in [-0.3, -0.25) is 0 Å². The summed E-state index contributed by atoms with van der Waals surface area (Å²) in [6.45, 7) is 0. The highest BCUT2D eigenvalue weighted by Gasteiger charge is 2.17. The van der Waals surface area contributed by atoms with Crippen molar-refractivity contribution in [2.24, 2.45) is 0 Å². The summed E-state index contributed by atoms with van der Waals surface area (Å²) in [6, 6.07) is 79.4. The van der Waals surface area contributed by atoms with Gasteiger partial charge in [0, 0.05) is 32.9 Å². The van der Waals surface area contributed by atoms with Crippen molar-refractivity contribution in [2.45, 2.75) is 0 Å². The van der Waals surface area contributed by atoms with E-state index in [2.05, 4.69) is 228 Å². The zero-order valence-electron chi connectivity index (χ0n) is 30.7. The second-order valence-electron chi connectivity index (χ2n) is 14.6. The summed E-state index contributed by atoms with van der Waals surface area (Å²) in [5.41, 5.74) is 16.8. The Balaban J connectivity index is 1.07. The van der Waals surface area contributed by atoms with Gasteiger partial charge in [0.2, 0.25) is 0 Å². The van der Waals surface area contributed by atoms with Crippen molar-refractivity contribution in [1.29, 1.82) is 0 Å². The molecule has 0 unspecified atom stereocenters. The molecule has 56 heavy (non-hydrogen) atoms. The molecule has 0 N–H and O–H groups in total. The van der Waals surface area contributed by atoms with E-state index in [1.165, 1.54) is 88.1 Å². The molecule has 2 heterocycles. The van der Waals surface area contributed by atoms with Crippen LogP contribution in [-0.4, -0.2) is 9.13 Å². The molecule has 262 valence electrons. The second-order valence-corrected chi connectivity index (χ2v) is 14.6. The first-order chi connectivity index (χ1) is 27.8. The summed E-state index contributed by atoms with van der Waals surface area (Å²) in [5.74, 6) is 0. The fourth-order valence-electron chi connectivity index (χ4n) is 8.61. The zero-order valence-corrected chi connectivity index (χ0v) is 30.7. The highest BCUT2D eigenvalue weighted by Crippen LogP contribution is 2.40. The molecule has 2 heteroatoms. The molecule has 0 aliphatic heterocycles. The SMILES string of the molecule is c1ccc(-c2ccc(-n3c4ccccc4c4cc(-c5ccc6c(c5)c5ccc(-c7ccccc7)cc5n6-c5cccc(-c6ccccc6)c5)ccc43)cc2)cc1. The number of hydrogen-bond donors (Lipinski definition) is 0. The maximum Gasteiger partial charge on any atom is 0.0547 e. The van der Waals surface area contributed by atoms with E-state index in [1.807, 2.05) is 0 Å². The van der Waals surface area contributed by atoms with E-state index in [0.717, 1.165) is 11.4 Å². The van der Waals surface area contributed by atoms with Gasteiger partial charge >= 0.3 is 0 Å². The van der Waals surface area contributed by atoms with Crippen molar-refractivity contribution in [1.82, 2.24) is 9.13 Å². The van der Waals surface area contributed by atoms with E-state index in [-0.39, 0.29) is 0 Å². The third-order valence-electron chi connectivity index (χ3n) is 11.3. The van der Waals surface area contributed by atoms with Crippen LogP contribution in [0.5, 0.6) is 0 Å². The van der Waals surface area contributed by atoms with Crippen LogP contribution in [0.1, 0.15) is 0 Å². The average Bonchev–Trinajstić information content (AvgIpc) is 3.79. The molecular weight excluding hydrogens is 677 g/mol. The highest BCUT2D eigenvalue weighted by atomic mass is 15.0. The summed E-state index contributed by atoms with van der Waals surface area (Å²) >= 11 is 0. The van der Waals surface area contributed by atoms with Crippen molar-refractivity contribution in [2.75, 3.05) is 0 Å². The van der Waals surface area contributed by atoms with E-state index in [4.69, 9.17) is 0 Å². The molecule has 0 spiro atoms. The lowest BCUT2D eigenvalue weighted by molar-refractivity contribution is 1.18. The normalized spacial score (nSPS) is 11.6. The molecule has 0 amide bonds. The van der Waals surface area contributed by atoms with Gasteiger partial charge in [-0.1, -0.05) is 158 Å². The number of fused-ring (bicyclic) bond motifs is 6. The van der Waals surface area contributed by atoms with Gasteiger partial charge in [0.05, 0.1) is 22.1 Å². The average molecular weight is 713 g/mol. The summed E-state index contributed by atoms with van der Waals surface area (Å²) in [7, 11) is 0. The number of nitrogens with zero attached hydrogens (tertiary/aromatic N) is 2. The Kier molecular flexibility index (Phi) is 7.53.